The summed E-state index contributed by atoms with van der Waals surface area (Å²) in [7, 11) is 0. The molecule has 1 saturated heterocycles. The molecule has 3 heterocycles. The van der Waals surface area contributed by atoms with E-state index in [4.69, 9.17) is 4.42 Å². The normalized spacial score (nSPS) is 18.5. The standard InChI is InChI=1S/C19H20FN3OS/c20-18-6-2-1-4-14(18)8-16-9-22-19(24-16)15-5-3-7-23(11-15)12-17-10-21-13-25-17/h1-2,4,6,9-10,13,15H,3,5,7-8,11-12H2/t15-/m0/s1. The molecule has 4 rings (SSSR count). The van der Waals surface area contributed by atoms with Gasteiger partial charge in [-0.15, -0.1) is 11.3 Å². The van der Waals surface area contributed by atoms with Crippen molar-refractivity contribution in [2.45, 2.75) is 31.7 Å². The third kappa shape index (κ3) is 3.96. The first-order valence-electron chi connectivity index (χ1n) is 8.55. The van der Waals surface area contributed by atoms with Gasteiger partial charge in [0.15, 0.2) is 5.89 Å². The minimum absolute atomic E-state index is 0.200. The van der Waals surface area contributed by atoms with Crippen LogP contribution in [0.4, 0.5) is 4.39 Å². The summed E-state index contributed by atoms with van der Waals surface area (Å²) >= 11 is 1.69. The third-order valence-electron chi connectivity index (χ3n) is 4.61. The van der Waals surface area contributed by atoms with Crippen molar-refractivity contribution in [2.24, 2.45) is 0 Å². The fraction of sp³-hybridized carbons (Fsp3) is 0.368. The van der Waals surface area contributed by atoms with Crippen molar-refractivity contribution in [1.29, 1.82) is 0 Å². The Kier molecular flexibility index (Phi) is 4.90. The molecule has 1 fully saturated rings. The monoisotopic (exact) mass is 357 g/mol. The van der Waals surface area contributed by atoms with E-state index in [9.17, 15) is 4.39 Å². The van der Waals surface area contributed by atoms with E-state index in [0.29, 0.717) is 17.9 Å². The predicted molar refractivity (Wildman–Crippen MR) is 95.1 cm³/mol. The smallest absolute Gasteiger partial charge is 0.198 e. The molecular weight excluding hydrogens is 337 g/mol. The summed E-state index contributed by atoms with van der Waals surface area (Å²) < 4.78 is 19.7. The topological polar surface area (TPSA) is 42.2 Å². The van der Waals surface area contributed by atoms with Crippen molar-refractivity contribution in [1.82, 2.24) is 14.9 Å². The van der Waals surface area contributed by atoms with Gasteiger partial charge in [-0.25, -0.2) is 9.37 Å². The zero-order valence-electron chi connectivity index (χ0n) is 13.9. The molecule has 0 bridgehead atoms. The predicted octanol–water partition coefficient (Wildman–Crippen LogP) is 4.24. The molecule has 1 aromatic carbocycles. The molecule has 1 aliphatic heterocycles. The quantitative estimate of drug-likeness (QED) is 0.685. The van der Waals surface area contributed by atoms with E-state index in [0.717, 1.165) is 44.1 Å². The number of likely N-dealkylation sites (tertiary alicyclic amines) is 1. The second-order valence-corrected chi connectivity index (χ2v) is 7.45. The number of nitrogens with zero attached hydrogens (tertiary/aromatic N) is 3. The Morgan fingerprint density at radius 2 is 2.20 bits per heavy atom. The van der Waals surface area contributed by atoms with Crippen LogP contribution in [0.25, 0.3) is 0 Å². The van der Waals surface area contributed by atoms with Crippen LogP contribution >= 0.6 is 11.3 Å². The first kappa shape index (κ1) is 16.4. The van der Waals surface area contributed by atoms with Crippen molar-refractivity contribution in [3.8, 4) is 0 Å². The third-order valence-corrected chi connectivity index (χ3v) is 5.38. The number of oxazole rings is 1. The SMILES string of the molecule is Fc1ccccc1Cc1cnc([C@H]2CCCN(Cc3cncs3)C2)o1. The van der Waals surface area contributed by atoms with Crippen LogP contribution in [0.15, 0.2) is 46.6 Å². The van der Waals surface area contributed by atoms with Gasteiger partial charge in [-0.05, 0) is 31.0 Å². The van der Waals surface area contributed by atoms with Gasteiger partial charge < -0.3 is 4.42 Å². The maximum atomic E-state index is 13.8. The van der Waals surface area contributed by atoms with Gasteiger partial charge in [0, 0.05) is 36.5 Å². The lowest BCUT2D eigenvalue weighted by molar-refractivity contribution is 0.186. The minimum atomic E-state index is -0.200. The Balaban J connectivity index is 1.41. The molecule has 0 spiro atoms. The van der Waals surface area contributed by atoms with Crippen molar-refractivity contribution in [2.75, 3.05) is 13.1 Å². The average Bonchev–Trinajstić information content (AvgIpc) is 3.29. The maximum Gasteiger partial charge on any atom is 0.198 e. The summed E-state index contributed by atoms with van der Waals surface area (Å²) in [6.45, 7) is 2.97. The second-order valence-electron chi connectivity index (χ2n) is 6.48. The number of hydrogen-bond donors (Lipinski definition) is 0. The van der Waals surface area contributed by atoms with Gasteiger partial charge in [0.25, 0.3) is 0 Å². The Bertz CT molecular complexity index is 818. The van der Waals surface area contributed by atoms with Crippen LogP contribution in [-0.4, -0.2) is 28.0 Å². The fourth-order valence-electron chi connectivity index (χ4n) is 3.36. The van der Waals surface area contributed by atoms with Crippen molar-refractivity contribution < 1.29 is 8.81 Å². The Labute approximate surface area is 150 Å². The van der Waals surface area contributed by atoms with E-state index < -0.39 is 0 Å². The summed E-state index contributed by atoms with van der Waals surface area (Å²) in [6.07, 6.45) is 6.33. The average molecular weight is 357 g/mol. The molecule has 6 heteroatoms. The molecular formula is C19H20FN3OS. The molecule has 0 radical (unpaired) electrons. The summed E-state index contributed by atoms with van der Waals surface area (Å²) in [4.78, 5) is 12.3. The van der Waals surface area contributed by atoms with Gasteiger partial charge in [-0.2, -0.15) is 0 Å². The largest absolute Gasteiger partial charge is 0.445 e. The highest BCUT2D eigenvalue weighted by Crippen LogP contribution is 2.28. The molecule has 25 heavy (non-hydrogen) atoms. The van der Waals surface area contributed by atoms with Crippen LogP contribution < -0.4 is 0 Å². The van der Waals surface area contributed by atoms with Crippen LogP contribution in [0.1, 0.15) is 40.9 Å². The lowest BCUT2D eigenvalue weighted by atomic mass is 9.98. The van der Waals surface area contributed by atoms with Crippen molar-refractivity contribution in [3.63, 3.8) is 0 Å². The van der Waals surface area contributed by atoms with E-state index >= 15 is 0 Å². The Morgan fingerprint density at radius 3 is 3.04 bits per heavy atom. The number of rotatable bonds is 5. The van der Waals surface area contributed by atoms with Gasteiger partial charge in [-0.1, -0.05) is 18.2 Å². The minimum Gasteiger partial charge on any atom is -0.445 e. The van der Waals surface area contributed by atoms with Gasteiger partial charge in [0.1, 0.15) is 11.6 Å². The van der Waals surface area contributed by atoms with E-state index in [1.165, 1.54) is 10.9 Å². The molecule has 0 amide bonds. The first-order valence-corrected chi connectivity index (χ1v) is 9.43. The number of thiazole rings is 1. The van der Waals surface area contributed by atoms with Crippen LogP contribution in [0, 0.1) is 5.82 Å². The lowest BCUT2D eigenvalue weighted by Gasteiger charge is -2.30. The first-order chi connectivity index (χ1) is 12.3. The molecule has 130 valence electrons. The number of halogens is 1. The van der Waals surface area contributed by atoms with Gasteiger partial charge >= 0.3 is 0 Å². The van der Waals surface area contributed by atoms with Crippen molar-refractivity contribution >= 4 is 11.3 Å². The highest BCUT2D eigenvalue weighted by molar-refractivity contribution is 7.09. The van der Waals surface area contributed by atoms with E-state index in [1.54, 1.807) is 29.7 Å². The van der Waals surface area contributed by atoms with Crippen LogP contribution in [-0.2, 0) is 13.0 Å². The lowest BCUT2D eigenvalue weighted by Crippen LogP contribution is -2.33. The second kappa shape index (κ2) is 7.45. The van der Waals surface area contributed by atoms with Crippen LogP contribution in [0.5, 0.6) is 0 Å². The zero-order chi connectivity index (χ0) is 17.1. The summed E-state index contributed by atoms with van der Waals surface area (Å²) in [5, 5.41) is 0. The summed E-state index contributed by atoms with van der Waals surface area (Å²) in [5.74, 6) is 1.60. The van der Waals surface area contributed by atoms with E-state index in [-0.39, 0.29) is 5.82 Å². The molecule has 0 N–H and O–H groups in total. The molecule has 2 aromatic heterocycles. The van der Waals surface area contributed by atoms with E-state index in [1.807, 2.05) is 17.8 Å². The summed E-state index contributed by atoms with van der Waals surface area (Å²) in [6, 6.07) is 6.80. The zero-order valence-corrected chi connectivity index (χ0v) is 14.7. The van der Waals surface area contributed by atoms with Crippen LogP contribution in [0.3, 0.4) is 0 Å². The highest BCUT2D eigenvalue weighted by atomic mass is 32.1. The molecule has 0 aliphatic carbocycles. The Morgan fingerprint density at radius 1 is 1.28 bits per heavy atom. The highest BCUT2D eigenvalue weighted by Gasteiger charge is 2.25. The fourth-order valence-corrected chi connectivity index (χ4v) is 4.00. The van der Waals surface area contributed by atoms with Crippen molar-refractivity contribution in [3.05, 3.63) is 70.1 Å². The molecule has 3 aromatic rings. The van der Waals surface area contributed by atoms with Gasteiger partial charge in [0.2, 0.25) is 0 Å². The number of benzene rings is 1. The van der Waals surface area contributed by atoms with E-state index in [2.05, 4.69) is 14.9 Å². The molecule has 4 nitrogen and oxygen atoms in total. The van der Waals surface area contributed by atoms with Crippen LogP contribution in [0.2, 0.25) is 0 Å². The van der Waals surface area contributed by atoms with Gasteiger partial charge in [0.05, 0.1) is 11.7 Å². The molecule has 1 aliphatic rings. The van der Waals surface area contributed by atoms with Gasteiger partial charge in [-0.3, -0.25) is 9.88 Å². The number of aromatic nitrogens is 2. The number of piperidine rings is 1. The molecule has 1 atom stereocenters. The number of hydrogen-bond acceptors (Lipinski definition) is 5. The maximum absolute atomic E-state index is 13.8. The summed E-state index contributed by atoms with van der Waals surface area (Å²) in [5.41, 5.74) is 2.51. The molecule has 0 unspecified atom stereocenters. The Hall–Kier alpha value is -2.05. The molecule has 0 saturated carbocycles.